The summed E-state index contributed by atoms with van der Waals surface area (Å²) in [6.45, 7) is 2.26. The van der Waals surface area contributed by atoms with Gasteiger partial charge in [0.25, 0.3) is 0 Å². The van der Waals surface area contributed by atoms with E-state index < -0.39 is 0 Å². The van der Waals surface area contributed by atoms with Crippen molar-refractivity contribution < 1.29 is 0 Å². The molecule has 1 N–H and O–H groups in total. The van der Waals surface area contributed by atoms with E-state index in [9.17, 15) is 0 Å². The van der Waals surface area contributed by atoms with E-state index >= 15 is 0 Å². The van der Waals surface area contributed by atoms with Crippen LogP contribution in [-0.4, -0.2) is 15.5 Å². The van der Waals surface area contributed by atoms with Gasteiger partial charge in [0.1, 0.15) is 12.1 Å². The molecule has 1 aliphatic carbocycles. The Labute approximate surface area is 92.5 Å². The molecule has 0 bridgehead atoms. The van der Waals surface area contributed by atoms with Gasteiger partial charge in [0, 0.05) is 11.7 Å². The Hall–Kier alpha value is -0.640. The number of anilines is 1. The van der Waals surface area contributed by atoms with E-state index in [1.54, 1.807) is 12.5 Å². The molecule has 0 unspecified atom stereocenters. The molecule has 14 heavy (non-hydrogen) atoms. The van der Waals surface area contributed by atoms with Crippen molar-refractivity contribution in [2.75, 3.05) is 5.32 Å². The zero-order valence-electron chi connectivity index (χ0n) is 8.26. The molecule has 1 aromatic heterocycles. The van der Waals surface area contributed by atoms with Gasteiger partial charge >= 0.3 is 0 Å². The summed E-state index contributed by atoms with van der Waals surface area (Å²) in [6, 6.07) is 0. The van der Waals surface area contributed by atoms with E-state index in [1.165, 1.54) is 25.7 Å². The monoisotopic (exact) mass is 255 g/mol. The summed E-state index contributed by atoms with van der Waals surface area (Å²) >= 11 is 3.44. The molecule has 0 saturated heterocycles. The molecule has 1 saturated carbocycles. The summed E-state index contributed by atoms with van der Waals surface area (Å²) in [4.78, 5) is 8.16. The quantitative estimate of drug-likeness (QED) is 0.883. The summed E-state index contributed by atoms with van der Waals surface area (Å²) < 4.78 is 0.938. The second kappa shape index (κ2) is 3.85. The van der Waals surface area contributed by atoms with Gasteiger partial charge in [-0.2, -0.15) is 0 Å². The molecular formula is C10H14BrN3. The topological polar surface area (TPSA) is 37.8 Å². The molecule has 0 aromatic carbocycles. The average Bonchev–Trinajstić information content (AvgIpc) is 2.57. The van der Waals surface area contributed by atoms with E-state index in [-0.39, 0.29) is 5.54 Å². The number of nitrogens with zero attached hydrogens (tertiary/aromatic N) is 2. The Morgan fingerprint density at radius 2 is 2.14 bits per heavy atom. The maximum absolute atomic E-state index is 4.22. The molecule has 0 spiro atoms. The standard InChI is InChI=1S/C10H14BrN3/c1-10(4-2-3-5-10)14-9-8(11)6-12-7-13-9/h6-7H,2-5H2,1H3,(H,12,13,14). The van der Waals surface area contributed by atoms with Crippen LogP contribution in [0.5, 0.6) is 0 Å². The first-order valence-electron chi connectivity index (χ1n) is 4.93. The molecule has 0 radical (unpaired) electrons. The normalized spacial score (nSPS) is 19.6. The first-order chi connectivity index (χ1) is 6.70. The van der Waals surface area contributed by atoms with Gasteiger partial charge in [-0.05, 0) is 35.7 Å². The minimum absolute atomic E-state index is 0.219. The van der Waals surface area contributed by atoms with Gasteiger partial charge < -0.3 is 5.32 Å². The highest BCUT2D eigenvalue weighted by Gasteiger charge is 2.29. The number of aromatic nitrogens is 2. The van der Waals surface area contributed by atoms with Crippen LogP contribution in [0.15, 0.2) is 17.0 Å². The molecule has 1 aromatic rings. The van der Waals surface area contributed by atoms with Crippen molar-refractivity contribution in [2.45, 2.75) is 38.1 Å². The van der Waals surface area contributed by atoms with E-state index in [1.807, 2.05) is 0 Å². The maximum Gasteiger partial charge on any atom is 0.144 e. The first-order valence-corrected chi connectivity index (χ1v) is 5.73. The molecular weight excluding hydrogens is 242 g/mol. The van der Waals surface area contributed by atoms with Gasteiger partial charge in [0.2, 0.25) is 0 Å². The zero-order chi connectivity index (χ0) is 10.0. The number of nitrogens with one attached hydrogen (secondary N) is 1. The van der Waals surface area contributed by atoms with E-state index in [4.69, 9.17) is 0 Å². The first kappa shape index (κ1) is 9.90. The lowest BCUT2D eigenvalue weighted by Gasteiger charge is -2.26. The summed E-state index contributed by atoms with van der Waals surface area (Å²) in [5.74, 6) is 0.907. The number of hydrogen-bond donors (Lipinski definition) is 1. The van der Waals surface area contributed by atoms with Gasteiger partial charge in [-0.15, -0.1) is 0 Å². The molecule has 1 fully saturated rings. The largest absolute Gasteiger partial charge is 0.364 e. The Morgan fingerprint density at radius 1 is 1.43 bits per heavy atom. The van der Waals surface area contributed by atoms with Crippen LogP contribution in [0.1, 0.15) is 32.6 Å². The Bertz CT molecular complexity index is 321. The van der Waals surface area contributed by atoms with Crippen LogP contribution >= 0.6 is 15.9 Å². The van der Waals surface area contributed by atoms with Crippen LogP contribution in [0, 0.1) is 0 Å². The third-order valence-electron chi connectivity index (χ3n) is 2.79. The van der Waals surface area contributed by atoms with Crippen molar-refractivity contribution in [3.63, 3.8) is 0 Å². The van der Waals surface area contributed by atoms with Crippen LogP contribution in [-0.2, 0) is 0 Å². The maximum atomic E-state index is 4.22. The van der Waals surface area contributed by atoms with Crippen LogP contribution < -0.4 is 5.32 Å². The predicted octanol–water partition coefficient (Wildman–Crippen LogP) is 2.98. The average molecular weight is 256 g/mol. The Morgan fingerprint density at radius 3 is 2.79 bits per heavy atom. The third kappa shape index (κ3) is 2.05. The van der Waals surface area contributed by atoms with Gasteiger partial charge in [0.15, 0.2) is 0 Å². The lowest BCUT2D eigenvalue weighted by molar-refractivity contribution is 0.530. The van der Waals surface area contributed by atoms with Crippen molar-refractivity contribution >= 4 is 21.7 Å². The van der Waals surface area contributed by atoms with Crippen LogP contribution in [0.25, 0.3) is 0 Å². The van der Waals surface area contributed by atoms with Gasteiger partial charge in [-0.1, -0.05) is 12.8 Å². The molecule has 0 amide bonds. The smallest absolute Gasteiger partial charge is 0.144 e. The van der Waals surface area contributed by atoms with Crippen LogP contribution in [0.4, 0.5) is 5.82 Å². The fraction of sp³-hybridized carbons (Fsp3) is 0.600. The predicted molar refractivity (Wildman–Crippen MR) is 60.2 cm³/mol. The van der Waals surface area contributed by atoms with Gasteiger partial charge in [0.05, 0.1) is 4.47 Å². The molecule has 1 aliphatic rings. The highest BCUT2D eigenvalue weighted by atomic mass is 79.9. The fourth-order valence-corrected chi connectivity index (χ4v) is 2.29. The molecule has 4 heteroatoms. The molecule has 0 aliphatic heterocycles. The van der Waals surface area contributed by atoms with Crippen LogP contribution in [0.3, 0.4) is 0 Å². The van der Waals surface area contributed by atoms with Crippen molar-refractivity contribution in [2.24, 2.45) is 0 Å². The Kier molecular flexibility index (Phi) is 2.72. The zero-order valence-corrected chi connectivity index (χ0v) is 9.84. The fourth-order valence-electron chi connectivity index (χ4n) is 1.97. The van der Waals surface area contributed by atoms with E-state index in [2.05, 4.69) is 38.1 Å². The summed E-state index contributed by atoms with van der Waals surface area (Å²) in [7, 11) is 0. The van der Waals surface area contributed by atoms with Gasteiger partial charge in [-0.25, -0.2) is 9.97 Å². The van der Waals surface area contributed by atoms with Crippen molar-refractivity contribution in [1.82, 2.24) is 9.97 Å². The number of halogens is 1. The highest BCUT2D eigenvalue weighted by Crippen LogP contribution is 2.33. The minimum Gasteiger partial charge on any atom is -0.364 e. The van der Waals surface area contributed by atoms with Gasteiger partial charge in [-0.3, -0.25) is 0 Å². The van der Waals surface area contributed by atoms with Crippen molar-refractivity contribution in [3.8, 4) is 0 Å². The summed E-state index contributed by atoms with van der Waals surface area (Å²) in [5.41, 5.74) is 0.219. The van der Waals surface area contributed by atoms with Crippen molar-refractivity contribution in [1.29, 1.82) is 0 Å². The highest BCUT2D eigenvalue weighted by molar-refractivity contribution is 9.10. The summed E-state index contributed by atoms with van der Waals surface area (Å²) in [6.07, 6.45) is 8.42. The molecule has 0 atom stereocenters. The minimum atomic E-state index is 0.219. The second-order valence-corrected chi connectivity index (χ2v) is 4.97. The molecule has 76 valence electrons. The number of hydrogen-bond acceptors (Lipinski definition) is 3. The lowest BCUT2D eigenvalue weighted by Crippen LogP contribution is -2.31. The Balaban J connectivity index is 2.14. The van der Waals surface area contributed by atoms with Crippen molar-refractivity contribution in [3.05, 3.63) is 17.0 Å². The van der Waals surface area contributed by atoms with E-state index in [0.717, 1.165) is 10.3 Å². The van der Waals surface area contributed by atoms with Crippen LogP contribution in [0.2, 0.25) is 0 Å². The summed E-state index contributed by atoms with van der Waals surface area (Å²) in [5, 5.41) is 3.49. The molecule has 3 nitrogen and oxygen atoms in total. The third-order valence-corrected chi connectivity index (χ3v) is 3.38. The molecule has 1 heterocycles. The second-order valence-electron chi connectivity index (χ2n) is 4.11. The number of rotatable bonds is 2. The van der Waals surface area contributed by atoms with E-state index in [0.29, 0.717) is 0 Å². The lowest BCUT2D eigenvalue weighted by atomic mass is 10.0. The molecule has 2 rings (SSSR count). The SMILES string of the molecule is CC1(Nc2ncncc2Br)CCCC1.